The fourth-order valence-electron chi connectivity index (χ4n) is 5.25. The molecule has 0 fully saturated rings. The number of hydrogen-bond donors (Lipinski definition) is 0. The van der Waals surface area contributed by atoms with Crippen LogP contribution in [-0.2, 0) is 13.3 Å². The third-order valence-corrected chi connectivity index (χ3v) is 20.1. The van der Waals surface area contributed by atoms with Gasteiger partial charge in [0.25, 0.3) is 8.32 Å². The van der Waals surface area contributed by atoms with Gasteiger partial charge in [0.2, 0.25) is 9.04 Å². The Kier molecular flexibility index (Phi) is 11.6. The summed E-state index contributed by atoms with van der Waals surface area (Å²) < 4.78 is 21.8. The first kappa shape index (κ1) is 33.4. The topological polar surface area (TPSA) is 27.7 Å². The third-order valence-electron chi connectivity index (χ3n) is 8.47. The minimum Gasteiger partial charge on any atom is -0.413 e. The molecular weight excluding hydrogens is 533 g/mol. The SMILES string of the molecule is CCC(CC)(C[Si](OC(C)[Si](C)(C)C)(c1ccccc1)c1ccccc1)O[SiH](C)C(C)(CC)O[Si](C)(C)C. The fourth-order valence-corrected chi connectivity index (χ4v) is 17.3. The van der Waals surface area contributed by atoms with Crippen LogP contribution in [0.3, 0.4) is 0 Å². The van der Waals surface area contributed by atoms with Crippen LogP contribution in [0.25, 0.3) is 0 Å². The normalized spacial score (nSPS) is 16.6. The van der Waals surface area contributed by atoms with Crippen LogP contribution in [0.15, 0.2) is 60.7 Å². The van der Waals surface area contributed by atoms with Gasteiger partial charge in [-0.15, -0.1) is 0 Å². The summed E-state index contributed by atoms with van der Waals surface area (Å²) in [5, 5.41) is 2.50. The summed E-state index contributed by atoms with van der Waals surface area (Å²) in [5.41, 5.74) is -0.0335. The lowest BCUT2D eigenvalue weighted by atomic mass is 10.0. The van der Waals surface area contributed by atoms with Crippen molar-refractivity contribution in [3.8, 4) is 0 Å². The molecule has 2 rings (SSSR count). The zero-order valence-electron chi connectivity index (χ0n) is 26.5. The molecule has 38 heavy (non-hydrogen) atoms. The zero-order chi connectivity index (χ0) is 28.8. The predicted octanol–water partition coefficient (Wildman–Crippen LogP) is 7.52. The molecular formula is C31H56O3Si4. The van der Waals surface area contributed by atoms with Crippen LogP contribution in [-0.4, -0.2) is 50.3 Å². The van der Waals surface area contributed by atoms with Crippen molar-refractivity contribution in [3.05, 3.63) is 60.7 Å². The molecule has 3 nitrogen and oxygen atoms in total. The maximum atomic E-state index is 7.52. The summed E-state index contributed by atoms with van der Waals surface area (Å²) >= 11 is 0. The van der Waals surface area contributed by atoms with Gasteiger partial charge in [0.05, 0.1) is 18.9 Å². The molecule has 0 aliphatic carbocycles. The smallest absolute Gasteiger partial charge is 0.258 e. The molecule has 0 saturated carbocycles. The molecule has 214 valence electrons. The van der Waals surface area contributed by atoms with E-state index >= 15 is 0 Å². The summed E-state index contributed by atoms with van der Waals surface area (Å²) in [7, 11) is -7.72. The Balaban J connectivity index is 2.70. The standard InChI is InChI=1S/C31H56O3Si4/c1-13-30(5,34-37(10,11)12)35(6)33-31(14-2,15-3)26-38(28-22-18-16-19-23-28,29-24-20-17-21-25-29)32-27(4)36(7,8)9/h16-25,27,35H,13-15,26H2,1-12H3. The monoisotopic (exact) mass is 588 g/mol. The molecule has 0 heterocycles. The Labute approximate surface area is 239 Å². The Morgan fingerprint density at radius 3 is 1.55 bits per heavy atom. The van der Waals surface area contributed by atoms with Gasteiger partial charge < -0.3 is 13.3 Å². The molecule has 0 bridgehead atoms. The van der Waals surface area contributed by atoms with Crippen LogP contribution in [0.5, 0.6) is 0 Å². The summed E-state index contributed by atoms with van der Waals surface area (Å²) in [6, 6.07) is 23.1. The quantitative estimate of drug-likeness (QED) is 0.201. The first-order valence-electron chi connectivity index (χ1n) is 14.7. The minimum atomic E-state index is -2.68. The molecule has 0 aliphatic heterocycles. The Morgan fingerprint density at radius 2 is 1.21 bits per heavy atom. The minimum absolute atomic E-state index is 0.184. The number of rotatable bonds is 15. The van der Waals surface area contributed by atoms with Gasteiger partial charge in [-0.2, -0.15) is 0 Å². The van der Waals surface area contributed by atoms with Gasteiger partial charge >= 0.3 is 0 Å². The maximum absolute atomic E-state index is 7.52. The molecule has 2 aromatic carbocycles. The summed E-state index contributed by atoms with van der Waals surface area (Å²) in [5.74, 6) is 0. The van der Waals surface area contributed by atoms with E-state index in [4.69, 9.17) is 13.3 Å². The largest absolute Gasteiger partial charge is 0.413 e. The zero-order valence-corrected chi connectivity index (χ0v) is 30.6. The molecule has 0 saturated heterocycles. The van der Waals surface area contributed by atoms with Gasteiger partial charge in [-0.05, 0) is 69.7 Å². The summed E-state index contributed by atoms with van der Waals surface area (Å²) in [4.78, 5) is 0. The van der Waals surface area contributed by atoms with E-state index in [9.17, 15) is 0 Å². The van der Waals surface area contributed by atoms with Crippen LogP contribution >= 0.6 is 0 Å². The van der Waals surface area contributed by atoms with Gasteiger partial charge in [0, 0.05) is 11.8 Å². The molecule has 2 aromatic rings. The molecule has 0 spiro atoms. The maximum Gasteiger partial charge on any atom is 0.258 e. The molecule has 3 unspecified atom stereocenters. The van der Waals surface area contributed by atoms with Crippen molar-refractivity contribution in [3.63, 3.8) is 0 Å². The average molecular weight is 589 g/mol. The molecule has 0 radical (unpaired) electrons. The van der Waals surface area contributed by atoms with Crippen molar-refractivity contribution >= 4 is 44.1 Å². The van der Waals surface area contributed by atoms with E-state index < -0.39 is 33.7 Å². The van der Waals surface area contributed by atoms with Crippen molar-refractivity contribution in [1.29, 1.82) is 0 Å². The van der Waals surface area contributed by atoms with Gasteiger partial charge in [-0.25, -0.2) is 0 Å². The lowest BCUT2D eigenvalue weighted by molar-refractivity contribution is 0.0402. The van der Waals surface area contributed by atoms with Crippen LogP contribution in [0.4, 0.5) is 0 Å². The second-order valence-corrected chi connectivity index (χ2v) is 29.5. The van der Waals surface area contributed by atoms with Crippen molar-refractivity contribution in [2.45, 2.75) is 122 Å². The highest BCUT2D eigenvalue weighted by molar-refractivity contribution is 6.98. The first-order valence-corrected chi connectivity index (χ1v) is 26.0. The number of hydrogen-bond acceptors (Lipinski definition) is 3. The second kappa shape index (κ2) is 13.2. The second-order valence-electron chi connectivity index (χ2n) is 13.4. The number of benzene rings is 2. The van der Waals surface area contributed by atoms with E-state index in [-0.39, 0.29) is 16.6 Å². The average Bonchev–Trinajstić information content (AvgIpc) is 2.87. The van der Waals surface area contributed by atoms with Crippen LogP contribution in [0.2, 0.25) is 51.9 Å². The fraction of sp³-hybridized carbons (Fsp3) is 0.613. The molecule has 0 aliphatic rings. The van der Waals surface area contributed by atoms with Crippen LogP contribution < -0.4 is 10.4 Å². The molecule has 3 atom stereocenters. The predicted molar refractivity (Wildman–Crippen MR) is 177 cm³/mol. The Hall–Kier alpha value is -0.812. The summed E-state index contributed by atoms with van der Waals surface area (Å²) in [6.07, 6.45) is 2.91. The van der Waals surface area contributed by atoms with Gasteiger partial charge in [-0.1, -0.05) is 101 Å². The molecule has 0 amide bonds. The molecule has 0 aromatic heterocycles. The van der Waals surface area contributed by atoms with E-state index in [2.05, 4.69) is 141 Å². The highest BCUT2D eigenvalue weighted by Crippen LogP contribution is 2.37. The third kappa shape index (κ3) is 8.35. The highest BCUT2D eigenvalue weighted by Gasteiger charge is 2.51. The van der Waals surface area contributed by atoms with E-state index in [1.807, 2.05) is 0 Å². The van der Waals surface area contributed by atoms with Crippen LogP contribution in [0.1, 0.15) is 53.9 Å². The highest BCUT2D eigenvalue weighted by atomic mass is 28.4. The van der Waals surface area contributed by atoms with E-state index in [1.54, 1.807) is 0 Å². The Morgan fingerprint density at radius 1 is 0.763 bits per heavy atom. The van der Waals surface area contributed by atoms with Gasteiger partial charge in [0.1, 0.15) is 0 Å². The lowest BCUT2D eigenvalue weighted by Crippen LogP contribution is -2.67. The van der Waals surface area contributed by atoms with E-state index in [0.717, 1.165) is 25.3 Å². The summed E-state index contributed by atoms with van der Waals surface area (Å²) in [6.45, 7) is 28.0. The Bertz CT molecular complexity index is 929. The van der Waals surface area contributed by atoms with E-state index in [1.165, 1.54) is 10.4 Å². The lowest BCUT2D eigenvalue weighted by Gasteiger charge is -2.48. The van der Waals surface area contributed by atoms with Crippen molar-refractivity contribution in [2.24, 2.45) is 0 Å². The first-order chi connectivity index (χ1) is 17.6. The molecule has 0 N–H and O–H groups in total. The van der Waals surface area contributed by atoms with Gasteiger partial charge in [-0.3, -0.25) is 0 Å². The van der Waals surface area contributed by atoms with Gasteiger partial charge in [0.15, 0.2) is 8.32 Å². The van der Waals surface area contributed by atoms with E-state index in [0.29, 0.717) is 0 Å². The van der Waals surface area contributed by atoms with Crippen molar-refractivity contribution in [1.82, 2.24) is 0 Å². The van der Waals surface area contributed by atoms with Crippen molar-refractivity contribution < 1.29 is 13.3 Å². The molecule has 7 heteroatoms. The van der Waals surface area contributed by atoms with Crippen LogP contribution in [0, 0.1) is 0 Å². The van der Waals surface area contributed by atoms with Crippen molar-refractivity contribution in [2.75, 3.05) is 0 Å².